The Morgan fingerprint density at radius 1 is 1.20 bits per heavy atom. The summed E-state index contributed by atoms with van der Waals surface area (Å²) in [5.41, 5.74) is 2.82. The van der Waals surface area contributed by atoms with Gasteiger partial charge in [0.05, 0.1) is 11.7 Å². The molecule has 0 aromatic heterocycles. The van der Waals surface area contributed by atoms with Crippen LogP contribution in [0.3, 0.4) is 0 Å². The van der Waals surface area contributed by atoms with Gasteiger partial charge in [0.2, 0.25) is 11.8 Å². The van der Waals surface area contributed by atoms with Crippen molar-refractivity contribution in [1.29, 1.82) is 0 Å². The zero-order valence-corrected chi connectivity index (χ0v) is 17.0. The highest BCUT2D eigenvalue weighted by Gasteiger charge is 2.45. The van der Waals surface area contributed by atoms with Crippen LogP contribution in [0, 0.1) is 0 Å². The molecule has 4 aliphatic rings. The van der Waals surface area contributed by atoms with E-state index in [4.69, 9.17) is 4.74 Å². The molecule has 2 unspecified atom stereocenters. The number of ether oxygens (including phenoxy) is 1. The molecule has 8 heteroatoms. The van der Waals surface area contributed by atoms with Crippen LogP contribution in [0.2, 0.25) is 0 Å². The molecule has 160 valence electrons. The van der Waals surface area contributed by atoms with Gasteiger partial charge in [0.25, 0.3) is 5.91 Å². The van der Waals surface area contributed by atoms with Gasteiger partial charge in [-0.25, -0.2) is 0 Å². The Labute approximate surface area is 175 Å². The van der Waals surface area contributed by atoms with Crippen molar-refractivity contribution in [1.82, 2.24) is 20.9 Å². The molecule has 0 bridgehead atoms. The summed E-state index contributed by atoms with van der Waals surface area (Å²) in [6.45, 7) is 4.05. The number of hydrogen-bond donors (Lipinski definition) is 3. The van der Waals surface area contributed by atoms with Gasteiger partial charge < -0.3 is 20.3 Å². The highest BCUT2D eigenvalue weighted by atomic mass is 16.5. The highest BCUT2D eigenvalue weighted by Crippen LogP contribution is 2.39. The van der Waals surface area contributed by atoms with Crippen molar-refractivity contribution in [2.45, 2.75) is 62.9 Å². The largest absolute Gasteiger partial charge is 0.370 e. The van der Waals surface area contributed by atoms with Crippen LogP contribution >= 0.6 is 0 Å². The van der Waals surface area contributed by atoms with Gasteiger partial charge in [-0.3, -0.25) is 19.7 Å². The van der Waals surface area contributed by atoms with Gasteiger partial charge >= 0.3 is 0 Å². The van der Waals surface area contributed by atoms with E-state index in [0.29, 0.717) is 25.1 Å². The molecule has 8 nitrogen and oxygen atoms in total. The third-order valence-electron chi connectivity index (χ3n) is 6.82. The van der Waals surface area contributed by atoms with E-state index < -0.39 is 6.04 Å². The summed E-state index contributed by atoms with van der Waals surface area (Å²) >= 11 is 0. The summed E-state index contributed by atoms with van der Waals surface area (Å²) < 4.78 is 6.18. The summed E-state index contributed by atoms with van der Waals surface area (Å²) in [7, 11) is 0. The van der Waals surface area contributed by atoms with Crippen molar-refractivity contribution in [3.8, 4) is 0 Å². The molecule has 4 aliphatic heterocycles. The van der Waals surface area contributed by atoms with Crippen molar-refractivity contribution < 1.29 is 19.1 Å². The molecule has 3 N–H and O–H groups in total. The predicted molar refractivity (Wildman–Crippen MR) is 109 cm³/mol. The average molecular weight is 412 g/mol. The fraction of sp³-hybridized carbons (Fsp3) is 0.591. The van der Waals surface area contributed by atoms with Crippen molar-refractivity contribution >= 4 is 17.7 Å². The fourth-order valence-electron chi connectivity index (χ4n) is 5.19. The minimum absolute atomic E-state index is 0.116. The second-order valence-electron chi connectivity index (χ2n) is 8.90. The number of nitrogens with zero attached hydrogens (tertiary/aromatic N) is 1. The minimum Gasteiger partial charge on any atom is -0.370 e. The molecular formula is C22H28N4O4. The van der Waals surface area contributed by atoms with Gasteiger partial charge in [0.1, 0.15) is 6.04 Å². The lowest BCUT2D eigenvalue weighted by atomic mass is 9.81. The van der Waals surface area contributed by atoms with Crippen LogP contribution in [0.15, 0.2) is 18.2 Å². The van der Waals surface area contributed by atoms with E-state index in [2.05, 4.69) is 16.0 Å². The number of rotatable bonds is 5. The van der Waals surface area contributed by atoms with Crippen LogP contribution in [-0.4, -0.2) is 60.0 Å². The summed E-state index contributed by atoms with van der Waals surface area (Å²) in [4.78, 5) is 37.9. The number of benzene rings is 1. The maximum Gasteiger partial charge on any atom is 0.255 e. The van der Waals surface area contributed by atoms with Crippen LogP contribution < -0.4 is 16.0 Å². The van der Waals surface area contributed by atoms with E-state index in [1.807, 2.05) is 18.2 Å². The second-order valence-corrected chi connectivity index (χ2v) is 8.90. The summed E-state index contributed by atoms with van der Waals surface area (Å²) in [5.74, 6) is -0.772. The second kappa shape index (κ2) is 7.76. The smallest absolute Gasteiger partial charge is 0.255 e. The zero-order chi connectivity index (χ0) is 20.7. The van der Waals surface area contributed by atoms with Gasteiger partial charge in [0, 0.05) is 38.0 Å². The molecule has 0 radical (unpaired) electrons. The third-order valence-corrected chi connectivity index (χ3v) is 6.82. The normalized spacial score (nSPS) is 27.7. The average Bonchev–Trinajstić information content (AvgIpc) is 3.03. The monoisotopic (exact) mass is 412 g/mol. The number of piperidine rings is 2. The molecule has 3 amide bonds. The van der Waals surface area contributed by atoms with Crippen molar-refractivity contribution in [2.24, 2.45) is 0 Å². The van der Waals surface area contributed by atoms with Gasteiger partial charge in [-0.2, -0.15) is 0 Å². The Morgan fingerprint density at radius 3 is 2.77 bits per heavy atom. The molecule has 1 spiro atoms. The van der Waals surface area contributed by atoms with Crippen molar-refractivity contribution in [3.63, 3.8) is 0 Å². The molecule has 3 fully saturated rings. The first-order valence-electron chi connectivity index (χ1n) is 10.9. The summed E-state index contributed by atoms with van der Waals surface area (Å²) in [6, 6.07) is 5.29. The molecule has 30 heavy (non-hydrogen) atoms. The number of nitrogens with one attached hydrogen (secondary N) is 3. The standard InChI is InChI=1S/C22H28N4O4/c27-19-4-3-18(20(28)25-19)26-13-15-9-14(1-2-17(15)21(26)29)11-24-12-16-10-22(30-16)5-7-23-8-6-22/h1-2,9,16,18,23-24H,3-8,10-13H2,(H,25,27,28). The van der Waals surface area contributed by atoms with E-state index in [9.17, 15) is 14.4 Å². The number of fused-ring (bicyclic) bond motifs is 1. The van der Waals surface area contributed by atoms with Gasteiger partial charge in [-0.15, -0.1) is 0 Å². The van der Waals surface area contributed by atoms with Crippen molar-refractivity contribution in [2.75, 3.05) is 19.6 Å². The molecule has 2 atom stereocenters. The molecule has 5 rings (SSSR count). The zero-order valence-electron chi connectivity index (χ0n) is 17.0. The SMILES string of the molecule is O=C1CCC(N2Cc3cc(CNCC4CC5(CCNCC5)O4)ccc3C2=O)C(=O)N1. The molecule has 3 saturated heterocycles. The summed E-state index contributed by atoms with van der Waals surface area (Å²) in [6.07, 6.45) is 4.27. The quantitative estimate of drug-likeness (QED) is 0.608. The van der Waals surface area contributed by atoms with E-state index in [-0.39, 0.29) is 35.8 Å². The Balaban J connectivity index is 1.14. The van der Waals surface area contributed by atoms with Gasteiger partial charge in [-0.1, -0.05) is 12.1 Å². The van der Waals surface area contributed by atoms with E-state index in [0.717, 1.165) is 50.0 Å². The molecule has 0 saturated carbocycles. The number of carbonyl (C=O) groups excluding carboxylic acids is 3. The first kappa shape index (κ1) is 19.7. The first-order valence-corrected chi connectivity index (χ1v) is 10.9. The Bertz CT molecular complexity index is 872. The van der Waals surface area contributed by atoms with Gasteiger partial charge in [0.15, 0.2) is 0 Å². The van der Waals surface area contributed by atoms with Crippen molar-refractivity contribution in [3.05, 3.63) is 34.9 Å². The summed E-state index contributed by atoms with van der Waals surface area (Å²) in [5, 5.41) is 9.19. The number of hydrogen-bond acceptors (Lipinski definition) is 6. The highest BCUT2D eigenvalue weighted by molar-refractivity contribution is 6.05. The Kier molecular flexibility index (Phi) is 5.08. The molecular weight excluding hydrogens is 384 g/mol. The predicted octanol–water partition coefficient (Wildman–Crippen LogP) is 0.448. The van der Waals surface area contributed by atoms with Crippen LogP contribution in [0.5, 0.6) is 0 Å². The van der Waals surface area contributed by atoms with Crippen LogP contribution in [0.1, 0.15) is 53.6 Å². The lowest BCUT2D eigenvalue weighted by molar-refractivity contribution is -0.214. The minimum atomic E-state index is -0.567. The molecule has 4 heterocycles. The molecule has 1 aromatic rings. The molecule has 1 aromatic carbocycles. The fourth-order valence-corrected chi connectivity index (χ4v) is 5.19. The lowest BCUT2D eigenvalue weighted by Crippen LogP contribution is -2.58. The maximum atomic E-state index is 12.8. The van der Waals surface area contributed by atoms with E-state index >= 15 is 0 Å². The van der Waals surface area contributed by atoms with Gasteiger partial charge in [-0.05, 0) is 49.5 Å². The van der Waals surface area contributed by atoms with E-state index in [1.165, 1.54) is 0 Å². The van der Waals surface area contributed by atoms with E-state index in [1.54, 1.807) is 4.90 Å². The third kappa shape index (κ3) is 3.64. The Morgan fingerprint density at radius 2 is 2.00 bits per heavy atom. The lowest BCUT2D eigenvalue weighted by Gasteiger charge is -2.50. The van der Waals surface area contributed by atoms with Crippen LogP contribution in [-0.2, 0) is 27.4 Å². The number of imide groups is 1. The topological polar surface area (TPSA) is 99.8 Å². The number of amides is 3. The molecule has 0 aliphatic carbocycles. The number of carbonyl (C=O) groups is 3. The van der Waals surface area contributed by atoms with Crippen LogP contribution in [0.4, 0.5) is 0 Å². The van der Waals surface area contributed by atoms with Crippen LogP contribution in [0.25, 0.3) is 0 Å². The first-order chi connectivity index (χ1) is 14.5. The maximum absolute atomic E-state index is 12.8. The Hall–Kier alpha value is -2.29.